The first-order valence-electron chi connectivity index (χ1n) is 7.67. The summed E-state index contributed by atoms with van der Waals surface area (Å²) in [6.07, 6.45) is 5.27. The summed E-state index contributed by atoms with van der Waals surface area (Å²) in [5.74, 6) is 0.991. The number of phenolic OH excluding ortho intramolecular Hbond substituents is 1. The SMILES string of the molecule is Cc1ccccc1Nc1c(-c2ccccc2O)nc2cnccn12. The van der Waals surface area contributed by atoms with Gasteiger partial charge in [-0.15, -0.1) is 0 Å². The zero-order valence-electron chi connectivity index (χ0n) is 13.1. The number of anilines is 2. The molecule has 0 spiro atoms. The second kappa shape index (κ2) is 5.70. The average Bonchev–Trinajstić information content (AvgIpc) is 2.96. The summed E-state index contributed by atoms with van der Waals surface area (Å²) in [6.45, 7) is 2.05. The zero-order chi connectivity index (χ0) is 16.5. The van der Waals surface area contributed by atoms with Crippen molar-refractivity contribution in [1.82, 2.24) is 14.4 Å². The molecule has 0 radical (unpaired) electrons. The van der Waals surface area contributed by atoms with Crippen LogP contribution in [-0.2, 0) is 0 Å². The van der Waals surface area contributed by atoms with Gasteiger partial charge in [0.1, 0.15) is 17.3 Å². The minimum absolute atomic E-state index is 0.196. The van der Waals surface area contributed by atoms with Gasteiger partial charge in [-0.25, -0.2) is 4.98 Å². The largest absolute Gasteiger partial charge is 0.507 e. The Hall–Kier alpha value is -3.34. The summed E-state index contributed by atoms with van der Waals surface area (Å²) < 4.78 is 1.93. The molecular weight excluding hydrogens is 300 g/mol. The molecule has 4 rings (SSSR count). The number of fused-ring (bicyclic) bond motifs is 1. The van der Waals surface area contributed by atoms with Crippen LogP contribution >= 0.6 is 0 Å². The van der Waals surface area contributed by atoms with Crippen LogP contribution < -0.4 is 5.32 Å². The van der Waals surface area contributed by atoms with E-state index >= 15 is 0 Å². The Morgan fingerprint density at radius 3 is 2.67 bits per heavy atom. The molecule has 2 aromatic carbocycles. The van der Waals surface area contributed by atoms with Crippen molar-refractivity contribution in [1.29, 1.82) is 0 Å². The molecule has 118 valence electrons. The Kier molecular flexibility index (Phi) is 3.39. The molecule has 24 heavy (non-hydrogen) atoms. The standard InChI is InChI=1S/C19H16N4O/c1-13-6-2-4-8-15(13)21-19-18(14-7-3-5-9-16(14)24)22-17-12-20-10-11-23(17)19/h2-12,21,24H,1H3. The lowest BCUT2D eigenvalue weighted by molar-refractivity contribution is 0.477. The third-order valence-corrected chi connectivity index (χ3v) is 3.99. The van der Waals surface area contributed by atoms with Gasteiger partial charge in [-0.1, -0.05) is 30.3 Å². The smallest absolute Gasteiger partial charge is 0.157 e. The fraction of sp³-hybridized carbons (Fsp3) is 0.0526. The molecule has 0 saturated carbocycles. The van der Waals surface area contributed by atoms with E-state index in [0.717, 1.165) is 17.1 Å². The van der Waals surface area contributed by atoms with Crippen molar-refractivity contribution in [2.75, 3.05) is 5.32 Å². The molecule has 2 aromatic heterocycles. The maximum Gasteiger partial charge on any atom is 0.157 e. The van der Waals surface area contributed by atoms with Gasteiger partial charge in [0, 0.05) is 23.6 Å². The summed E-state index contributed by atoms with van der Waals surface area (Å²) in [6, 6.07) is 15.3. The van der Waals surface area contributed by atoms with E-state index in [1.807, 2.05) is 53.9 Å². The van der Waals surface area contributed by atoms with Crippen molar-refractivity contribution < 1.29 is 5.11 Å². The van der Waals surface area contributed by atoms with E-state index in [0.29, 0.717) is 16.9 Å². The van der Waals surface area contributed by atoms with Gasteiger partial charge in [0.05, 0.1) is 6.20 Å². The lowest BCUT2D eigenvalue weighted by Crippen LogP contribution is -1.98. The number of benzene rings is 2. The van der Waals surface area contributed by atoms with Crippen molar-refractivity contribution >= 4 is 17.2 Å². The molecule has 0 aliphatic carbocycles. The molecule has 0 fully saturated rings. The maximum atomic E-state index is 10.2. The number of para-hydroxylation sites is 2. The van der Waals surface area contributed by atoms with Gasteiger partial charge in [0.2, 0.25) is 0 Å². The average molecular weight is 316 g/mol. The monoisotopic (exact) mass is 316 g/mol. The highest BCUT2D eigenvalue weighted by Crippen LogP contribution is 2.36. The van der Waals surface area contributed by atoms with Crippen LogP contribution in [0.15, 0.2) is 67.1 Å². The Morgan fingerprint density at radius 1 is 1.04 bits per heavy atom. The van der Waals surface area contributed by atoms with E-state index in [-0.39, 0.29) is 5.75 Å². The van der Waals surface area contributed by atoms with Crippen LogP contribution in [0.25, 0.3) is 16.9 Å². The maximum absolute atomic E-state index is 10.2. The lowest BCUT2D eigenvalue weighted by Gasteiger charge is -2.11. The van der Waals surface area contributed by atoms with E-state index in [1.165, 1.54) is 0 Å². The predicted molar refractivity (Wildman–Crippen MR) is 94.5 cm³/mol. The number of phenols is 1. The van der Waals surface area contributed by atoms with E-state index in [2.05, 4.69) is 15.3 Å². The van der Waals surface area contributed by atoms with E-state index in [1.54, 1.807) is 24.5 Å². The molecule has 0 saturated heterocycles. The normalized spacial score (nSPS) is 10.9. The van der Waals surface area contributed by atoms with Crippen molar-refractivity contribution in [2.45, 2.75) is 6.92 Å². The van der Waals surface area contributed by atoms with E-state index in [4.69, 9.17) is 0 Å². The van der Waals surface area contributed by atoms with E-state index < -0.39 is 0 Å². The zero-order valence-corrected chi connectivity index (χ0v) is 13.1. The van der Waals surface area contributed by atoms with Gasteiger partial charge in [0.15, 0.2) is 5.65 Å². The number of nitrogens with one attached hydrogen (secondary N) is 1. The topological polar surface area (TPSA) is 62.5 Å². The molecule has 0 bridgehead atoms. The molecule has 0 aliphatic heterocycles. The minimum Gasteiger partial charge on any atom is -0.507 e. The Bertz CT molecular complexity index is 1020. The number of aryl methyl sites for hydroxylation is 1. The second-order valence-corrected chi connectivity index (χ2v) is 5.57. The number of rotatable bonds is 3. The predicted octanol–water partition coefficient (Wildman–Crippen LogP) is 4.15. The Balaban J connectivity index is 1.94. The summed E-state index contributed by atoms with van der Waals surface area (Å²) in [5, 5.41) is 13.7. The van der Waals surface area contributed by atoms with Crippen LogP contribution in [0.5, 0.6) is 5.75 Å². The molecular formula is C19H16N4O. The van der Waals surface area contributed by atoms with Crippen LogP contribution in [-0.4, -0.2) is 19.5 Å². The quantitative estimate of drug-likeness (QED) is 0.596. The number of hydrogen-bond acceptors (Lipinski definition) is 4. The van der Waals surface area contributed by atoms with Crippen LogP contribution in [0.1, 0.15) is 5.56 Å². The highest BCUT2D eigenvalue weighted by atomic mass is 16.3. The molecule has 0 aliphatic rings. The fourth-order valence-electron chi connectivity index (χ4n) is 2.73. The number of aromatic hydroxyl groups is 1. The van der Waals surface area contributed by atoms with Gasteiger partial charge in [-0.3, -0.25) is 9.38 Å². The van der Waals surface area contributed by atoms with Gasteiger partial charge >= 0.3 is 0 Å². The molecule has 2 N–H and O–H groups in total. The molecule has 0 amide bonds. The number of aromatic nitrogens is 3. The van der Waals surface area contributed by atoms with Gasteiger partial charge in [-0.05, 0) is 30.7 Å². The fourth-order valence-corrected chi connectivity index (χ4v) is 2.73. The first-order chi connectivity index (χ1) is 11.7. The van der Waals surface area contributed by atoms with Gasteiger partial charge < -0.3 is 10.4 Å². The van der Waals surface area contributed by atoms with Crippen LogP contribution in [0.4, 0.5) is 11.5 Å². The second-order valence-electron chi connectivity index (χ2n) is 5.57. The van der Waals surface area contributed by atoms with Crippen molar-refractivity contribution in [3.05, 3.63) is 72.7 Å². The van der Waals surface area contributed by atoms with Gasteiger partial charge in [-0.2, -0.15) is 0 Å². The van der Waals surface area contributed by atoms with Crippen LogP contribution in [0, 0.1) is 6.92 Å². The third kappa shape index (κ3) is 2.36. The minimum atomic E-state index is 0.196. The molecule has 0 atom stereocenters. The van der Waals surface area contributed by atoms with Crippen LogP contribution in [0.2, 0.25) is 0 Å². The number of imidazole rings is 1. The summed E-state index contributed by atoms with van der Waals surface area (Å²) in [4.78, 5) is 8.78. The van der Waals surface area contributed by atoms with Crippen LogP contribution in [0.3, 0.4) is 0 Å². The van der Waals surface area contributed by atoms with Crippen molar-refractivity contribution in [3.63, 3.8) is 0 Å². The van der Waals surface area contributed by atoms with Gasteiger partial charge in [0.25, 0.3) is 0 Å². The third-order valence-electron chi connectivity index (χ3n) is 3.99. The van der Waals surface area contributed by atoms with Crippen molar-refractivity contribution in [3.8, 4) is 17.0 Å². The highest BCUT2D eigenvalue weighted by Gasteiger charge is 2.17. The lowest BCUT2D eigenvalue weighted by atomic mass is 10.1. The van der Waals surface area contributed by atoms with E-state index in [9.17, 15) is 5.11 Å². The first-order valence-corrected chi connectivity index (χ1v) is 7.67. The Labute approximate surface area is 139 Å². The molecule has 5 nitrogen and oxygen atoms in total. The first kappa shape index (κ1) is 14.3. The molecule has 4 aromatic rings. The van der Waals surface area contributed by atoms with Crippen molar-refractivity contribution in [2.24, 2.45) is 0 Å². The summed E-state index contributed by atoms with van der Waals surface area (Å²) in [7, 11) is 0. The Morgan fingerprint density at radius 2 is 1.83 bits per heavy atom. The molecule has 5 heteroatoms. The summed E-state index contributed by atoms with van der Waals surface area (Å²) >= 11 is 0. The summed E-state index contributed by atoms with van der Waals surface area (Å²) in [5.41, 5.74) is 4.20. The number of hydrogen-bond donors (Lipinski definition) is 2. The number of nitrogens with zero attached hydrogens (tertiary/aromatic N) is 3. The molecule has 0 unspecified atom stereocenters. The highest BCUT2D eigenvalue weighted by molar-refractivity contribution is 5.82. The molecule has 2 heterocycles.